The number of Topliss-reactive ketones (excluding diaryl/α,β-unsaturated/α-hetero) is 1. The van der Waals surface area contributed by atoms with Gasteiger partial charge in [0.2, 0.25) is 0 Å². The molecular weight excluding hydrogens is 306 g/mol. The van der Waals surface area contributed by atoms with E-state index in [2.05, 4.69) is 23.6 Å². The smallest absolute Gasteiger partial charge is 0.275 e. The first-order chi connectivity index (χ1) is 11.5. The molecule has 1 aromatic rings. The lowest BCUT2D eigenvalue weighted by molar-refractivity contribution is -0.386. The van der Waals surface area contributed by atoms with Crippen molar-refractivity contribution >= 4 is 11.5 Å². The van der Waals surface area contributed by atoms with Crippen molar-refractivity contribution in [2.45, 2.75) is 32.9 Å². The minimum atomic E-state index is -0.299. The summed E-state index contributed by atoms with van der Waals surface area (Å²) in [6.07, 6.45) is 1.59. The van der Waals surface area contributed by atoms with Crippen LogP contribution in [0.5, 0.6) is 0 Å². The number of ketones is 1. The molecule has 4 heterocycles. The maximum Gasteiger partial charge on any atom is 0.275 e. The monoisotopic (exact) mass is 329 g/mol. The summed E-state index contributed by atoms with van der Waals surface area (Å²) < 4.78 is 0. The van der Waals surface area contributed by atoms with E-state index in [4.69, 9.17) is 0 Å². The zero-order chi connectivity index (χ0) is 17.1. The van der Waals surface area contributed by atoms with E-state index in [9.17, 15) is 14.9 Å². The van der Waals surface area contributed by atoms with Gasteiger partial charge in [-0.05, 0) is 18.9 Å². The van der Waals surface area contributed by atoms with Crippen molar-refractivity contribution in [2.24, 2.45) is 10.8 Å². The number of para-hydroxylation sites is 1. The predicted octanol–water partition coefficient (Wildman–Crippen LogP) is 2.60. The number of piperidine rings is 2. The molecule has 24 heavy (non-hydrogen) atoms. The summed E-state index contributed by atoms with van der Waals surface area (Å²) in [4.78, 5) is 28.9. The first kappa shape index (κ1) is 15.7. The fourth-order valence-corrected chi connectivity index (χ4v) is 5.23. The van der Waals surface area contributed by atoms with Crippen LogP contribution in [0.2, 0.25) is 0 Å². The van der Waals surface area contributed by atoms with Crippen molar-refractivity contribution in [3.63, 3.8) is 0 Å². The zero-order valence-electron chi connectivity index (χ0n) is 14.2. The van der Waals surface area contributed by atoms with Gasteiger partial charge in [-0.3, -0.25) is 24.7 Å². The molecular formula is C18H23N3O3. The molecule has 0 aliphatic carbocycles. The van der Waals surface area contributed by atoms with Gasteiger partial charge in [0.25, 0.3) is 5.69 Å². The number of rotatable bonds is 4. The summed E-state index contributed by atoms with van der Waals surface area (Å²) in [6, 6.07) is 7.03. The molecule has 0 aromatic heterocycles. The van der Waals surface area contributed by atoms with Crippen LogP contribution in [0.1, 0.15) is 38.4 Å². The quantitative estimate of drug-likeness (QED) is 0.627. The topological polar surface area (TPSA) is 66.7 Å². The minimum Gasteiger partial charge on any atom is -0.298 e. The lowest BCUT2D eigenvalue weighted by Crippen LogP contribution is -2.76. The Morgan fingerprint density at radius 3 is 2.04 bits per heavy atom. The van der Waals surface area contributed by atoms with Gasteiger partial charge in [0, 0.05) is 32.2 Å². The van der Waals surface area contributed by atoms with E-state index in [1.165, 1.54) is 0 Å². The van der Waals surface area contributed by atoms with Crippen molar-refractivity contribution in [1.29, 1.82) is 0 Å². The van der Waals surface area contributed by atoms with Gasteiger partial charge in [0.1, 0.15) is 5.78 Å². The Morgan fingerprint density at radius 1 is 1.08 bits per heavy atom. The Balaban J connectivity index is 1.79. The first-order valence-corrected chi connectivity index (χ1v) is 8.73. The molecule has 0 amide bonds. The number of carbonyl (C=O) groups excluding carboxylic acids is 1. The Kier molecular flexibility index (Phi) is 3.34. The molecule has 0 radical (unpaired) electrons. The molecule has 4 fully saturated rings. The number of hydrogen-bond donors (Lipinski definition) is 0. The maximum absolute atomic E-state index is 13.1. The second-order valence-electron chi connectivity index (χ2n) is 7.60. The predicted molar refractivity (Wildman–Crippen MR) is 89.4 cm³/mol. The Hall–Kier alpha value is -1.79. The highest BCUT2D eigenvalue weighted by Crippen LogP contribution is 2.55. The molecule has 4 saturated heterocycles. The van der Waals surface area contributed by atoms with E-state index in [1.807, 2.05) is 12.1 Å². The van der Waals surface area contributed by atoms with E-state index >= 15 is 0 Å². The van der Waals surface area contributed by atoms with E-state index in [1.54, 1.807) is 12.1 Å². The van der Waals surface area contributed by atoms with Crippen LogP contribution >= 0.6 is 0 Å². The summed E-state index contributed by atoms with van der Waals surface area (Å²) in [6.45, 7) is 7.07. The summed E-state index contributed by atoms with van der Waals surface area (Å²) in [5.41, 5.74) is 0.336. The third-order valence-electron chi connectivity index (χ3n) is 6.44. The number of benzene rings is 1. The number of nitro benzene ring substituents is 1. The third-order valence-corrected chi connectivity index (χ3v) is 6.44. The van der Waals surface area contributed by atoms with E-state index in [-0.39, 0.29) is 27.6 Å². The van der Waals surface area contributed by atoms with E-state index < -0.39 is 0 Å². The molecule has 0 atom stereocenters. The number of nitrogens with zero attached hydrogens (tertiary/aromatic N) is 3. The van der Waals surface area contributed by atoms with Crippen LogP contribution in [-0.2, 0) is 4.79 Å². The summed E-state index contributed by atoms with van der Waals surface area (Å²) in [5, 5.41) is 11.5. The first-order valence-electron chi connectivity index (χ1n) is 8.73. The molecule has 1 aromatic carbocycles. The lowest BCUT2D eigenvalue weighted by Gasteiger charge is -2.66. The standard InChI is InChI=1S/C18H23N3O3/c1-3-17-9-19-11-18(4-2,16(17)22)12-20(10-17)15(19)13-7-5-6-8-14(13)21(23)24/h5-8,15H,3-4,9-12H2,1-2H3. The fourth-order valence-electron chi connectivity index (χ4n) is 5.23. The van der Waals surface area contributed by atoms with Crippen LogP contribution < -0.4 is 0 Å². The van der Waals surface area contributed by atoms with Gasteiger partial charge in [-0.2, -0.15) is 0 Å². The molecule has 5 rings (SSSR count). The largest absolute Gasteiger partial charge is 0.298 e. The number of carbonyl (C=O) groups is 1. The molecule has 0 N–H and O–H groups in total. The normalized spacial score (nSPS) is 40.1. The minimum absolute atomic E-state index is 0.0842. The van der Waals surface area contributed by atoms with Gasteiger partial charge in [0.15, 0.2) is 0 Å². The van der Waals surface area contributed by atoms with Crippen LogP contribution in [0.25, 0.3) is 0 Å². The molecule has 0 unspecified atom stereocenters. The third kappa shape index (κ3) is 1.87. The molecule has 4 aliphatic rings. The van der Waals surface area contributed by atoms with Gasteiger partial charge < -0.3 is 0 Å². The zero-order valence-corrected chi connectivity index (χ0v) is 14.2. The Bertz CT molecular complexity index is 675. The molecule has 6 nitrogen and oxygen atoms in total. The molecule has 128 valence electrons. The SMILES string of the molecule is CCC12CN3CC(CC)(CN(C1)C3c1ccccc1[N+](=O)[O-])C2=O. The van der Waals surface area contributed by atoms with Gasteiger partial charge in [-0.1, -0.05) is 26.0 Å². The second-order valence-corrected chi connectivity index (χ2v) is 7.60. The van der Waals surface area contributed by atoms with Gasteiger partial charge in [-0.25, -0.2) is 0 Å². The number of nitro groups is 1. The average molecular weight is 329 g/mol. The van der Waals surface area contributed by atoms with Crippen LogP contribution in [-0.4, -0.2) is 46.7 Å². The van der Waals surface area contributed by atoms with Crippen LogP contribution in [0.3, 0.4) is 0 Å². The summed E-state index contributed by atoms with van der Waals surface area (Å²) >= 11 is 0. The molecule has 0 saturated carbocycles. The Morgan fingerprint density at radius 2 is 1.58 bits per heavy atom. The van der Waals surface area contributed by atoms with Crippen molar-refractivity contribution < 1.29 is 9.72 Å². The second kappa shape index (κ2) is 5.10. The Labute approximate surface area is 141 Å². The van der Waals surface area contributed by atoms with Crippen molar-refractivity contribution in [3.8, 4) is 0 Å². The van der Waals surface area contributed by atoms with Crippen molar-refractivity contribution in [3.05, 3.63) is 39.9 Å². The number of hydrogen-bond acceptors (Lipinski definition) is 5. The molecule has 0 spiro atoms. The van der Waals surface area contributed by atoms with E-state index in [0.29, 0.717) is 5.78 Å². The van der Waals surface area contributed by atoms with Gasteiger partial charge >= 0.3 is 0 Å². The van der Waals surface area contributed by atoms with Gasteiger partial charge in [0.05, 0.1) is 27.5 Å². The van der Waals surface area contributed by atoms with Crippen molar-refractivity contribution in [1.82, 2.24) is 9.80 Å². The van der Waals surface area contributed by atoms with Gasteiger partial charge in [-0.15, -0.1) is 0 Å². The highest BCUT2D eigenvalue weighted by molar-refractivity contribution is 5.93. The fraction of sp³-hybridized carbons (Fsp3) is 0.611. The van der Waals surface area contributed by atoms with Crippen LogP contribution in [0.15, 0.2) is 24.3 Å². The molecule has 4 aliphatic heterocycles. The van der Waals surface area contributed by atoms with Crippen molar-refractivity contribution in [2.75, 3.05) is 26.2 Å². The maximum atomic E-state index is 13.1. The van der Waals surface area contributed by atoms with Crippen LogP contribution in [0, 0.1) is 20.9 Å². The summed E-state index contributed by atoms with van der Waals surface area (Å²) in [5.74, 6) is 0.425. The highest BCUT2D eigenvalue weighted by Gasteiger charge is 2.64. The molecule has 4 bridgehead atoms. The lowest BCUT2D eigenvalue weighted by atomic mass is 9.58. The summed E-state index contributed by atoms with van der Waals surface area (Å²) in [7, 11) is 0. The highest BCUT2D eigenvalue weighted by atomic mass is 16.6. The van der Waals surface area contributed by atoms with E-state index in [0.717, 1.165) is 44.6 Å². The van der Waals surface area contributed by atoms with Crippen LogP contribution in [0.4, 0.5) is 5.69 Å². The average Bonchev–Trinajstić information content (AvgIpc) is 2.58. The molecule has 6 heteroatoms.